The van der Waals surface area contributed by atoms with Crippen LogP contribution in [0.3, 0.4) is 0 Å². The van der Waals surface area contributed by atoms with Crippen molar-refractivity contribution in [2.75, 3.05) is 6.61 Å². The Hall–Kier alpha value is -1.82. The van der Waals surface area contributed by atoms with E-state index in [0.717, 1.165) is 51.4 Å². The summed E-state index contributed by atoms with van der Waals surface area (Å²) in [7, 11) is -5.67. The van der Waals surface area contributed by atoms with Gasteiger partial charge in [-0.1, -0.05) is 20.8 Å². The molecule has 0 radical (unpaired) electrons. The average Bonchev–Trinajstić information content (AvgIpc) is 3.22. The minimum Gasteiger partial charge on any atom is -0.463 e. The highest BCUT2D eigenvalue weighted by molar-refractivity contribution is 7.86. The fourth-order valence-corrected chi connectivity index (χ4v) is 9.88. The molecule has 4 rings (SSSR count). The molecule has 42 heavy (non-hydrogen) atoms. The summed E-state index contributed by atoms with van der Waals surface area (Å²) in [6, 6.07) is 0. The van der Waals surface area contributed by atoms with Gasteiger partial charge in [-0.15, -0.1) is 0 Å². The number of hydrogen-bond acceptors (Lipinski definition) is 8. The Morgan fingerprint density at radius 3 is 2.19 bits per heavy atom. The van der Waals surface area contributed by atoms with Crippen LogP contribution < -0.4 is 0 Å². The summed E-state index contributed by atoms with van der Waals surface area (Å²) in [4.78, 5) is 36.1. The van der Waals surface area contributed by atoms with Crippen molar-refractivity contribution < 1.29 is 50.3 Å². The number of halogens is 2. The molecule has 240 valence electrons. The highest BCUT2D eigenvalue weighted by Gasteiger charge is 2.64. The molecule has 10 atom stereocenters. The normalized spacial score (nSPS) is 38.8. The van der Waals surface area contributed by atoms with Crippen molar-refractivity contribution in [3.05, 3.63) is 0 Å². The summed E-state index contributed by atoms with van der Waals surface area (Å²) < 4.78 is 73.2. The molecule has 0 amide bonds. The molecular weight excluding hydrogens is 574 g/mol. The number of esters is 3. The second-order valence-corrected chi connectivity index (χ2v) is 15.4. The van der Waals surface area contributed by atoms with Crippen molar-refractivity contribution in [1.82, 2.24) is 0 Å². The zero-order valence-electron chi connectivity index (χ0n) is 25.3. The quantitative estimate of drug-likeness (QED) is 0.200. The maximum atomic E-state index is 13.5. The first-order valence-electron chi connectivity index (χ1n) is 15.2. The summed E-state index contributed by atoms with van der Waals surface area (Å²) >= 11 is 0. The molecule has 0 aromatic heterocycles. The van der Waals surface area contributed by atoms with Crippen molar-refractivity contribution in [3.8, 4) is 0 Å². The maximum absolute atomic E-state index is 13.5. The molecule has 1 N–H and O–H groups in total. The van der Waals surface area contributed by atoms with Crippen molar-refractivity contribution >= 4 is 28.0 Å². The van der Waals surface area contributed by atoms with E-state index in [1.165, 1.54) is 13.8 Å². The van der Waals surface area contributed by atoms with Crippen LogP contribution in [-0.2, 0) is 38.7 Å². The van der Waals surface area contributed by atoms with Crippen LogP contribution in [-0.4, -0.2) is 54.9 Å². The molecule has 0 spiro atoms. The molecule has 0 saturated heterocycles. The lowest BCUT2D eigenvalue weighted by Gasteiger charge is -2.62. The second kappa shape index (κ2) is 11.9. The van der Waals surface area contributed by atoms with Crippen LogP contribution in [0.5, 0.6) is 0 Å². The maximum Gasteiger partial charge on any atom is 0.402 e. The minimum absolute atomic E-state index is 0.0426. The van der Waals surface area contributed by atoms with Gasteiger partial charge >= 0.3 is 33.3 Å². The molecule has 12 heteroatoms. The van der Waals surface area contributed by atoms with Gasteiger partial charge in [0.2, 0.25) is 0 Å². The van der Waals surface area contributed by atoms with Gasteiger partial charge in [0.25, 0.3) is 0 Å². The van der Waals surface area contributed by atoms with E-state index in [1.54, 1.807) is 0 Å². The first-order valence-corrected chi connectivity index (χ1v) is 16.7. The molecule has 0 heterocycles. The number of carbonyl (C=O) groups excluding carboxylic acids is 3. The zero-order valence-corrected chi connectivity index (χ0v) is 26.1. The lowest BCUT2D eigenvalue weighted by Crippen LogP contribution is -2.59. The summed E-state index contributed by atoms with van der Waals surface area (Å²) in [6.45, 7) is 7.92. The van der Waals surface area contributed by atoms with Gasteiger partial charge in [-0.2, -0.15) is 17.2 Å². The fraction of sp³-hybridized carbons (Fsp3) is 0.900. The number of rotatable bonds is 9. The van der Waals surface area contributed by atoms with E-state index in [-0.39, 0.29) is 59.2 Å². The van der Waals surface area contributed by atoms with Crippen LogP contribution in [0.4, 0.5) is 8.78 Å². The first-order chi connectivity index (χ1) is 19.4. The number of fused-ring (bicyclic) bond motifs is 5. The lowest BCUT2D eigenvalue weighted by molar-refractivity contribution is -0.197. The predicted octanol–water partition coefficient (Wildman–Crippen LogP) is 5.56. The van der Waals surface area contributed by atoms with Crippen LogP contribution in [0.2, 0.25) is 0 Å². The molecule has 4 aliphatic rings. The largest absolute Gasteiger partial charge is 0.463 e. The minimum atomic E-state index is -5.67. The van der Waals surface area contributed by atoms with Crippen LogP contribution >= 0.6 is 0 Å². The Kier molecular flexibility index (Phi) is 9.40. The van der Waals surface area contributed by atoms with Gasteiger partial charge in [-0.25, -0.2) is 0 Å². The van der Waals surface area contributed by atoms with Crippen LogP contribution in [0, 0.1) is 46.3 Å². The van der Waals surface area contributed by atoms with E-state index in [4.69, 9.17) is 14.0 Å². The van der Waals surface area contributed by atoms with E-state index in [0.29, 0.717) is 24.2 Å². The SMILES string of the molecule is CC(=O)O[C@@H]1CC[C@@]2(C)C(C1)C[C@H](OC(C)=O)[C@H]1[C@@H]3CC[C@H]([C@H](C)CCC(=O)OCC(F)(F)S(=O)(=O)O)[C@@]3(C)CC[C@@H]12. The second-order valence-electron chi connectivity index (χ2n) is 13.9. The van der Waals surface area contributed by atoms with Gasteiger partial charge in [0.15, 0.2) is 6.61 Å². The number of hydrogen-bond donors (Lipinski definition) is 1. The third kappa shape index (κ3) is 6.35. The molecule has 0 aromatic carbocycles. The van der Waals surface area contributed by atoms with Gasteiger partial charge in [0.1, 0.15) is 12.2 Å². The molecule has 4 fully saturated rings. The molecule has 0 bridgehead atoms. The Morgan fingerprint density at radius 2 is 1.57 bits per heavy atom. The van der Waals surface area contributed by atoms with Crippen molar-refractivity contribution in [2.45, 2.75) is 116 Å². The van der Waals surface area contributed by atoms with E-state index in [1.807, 2.05) is 0 Å². The molecule has 0 aliphatic heterocycles. The predicted molar refractivity (Wildman–Crippen MR) is 148 cm³/mol. The standard InChI is InChI=1S/C30H46F2O9S/c1-17(6-9-26(35)39-16-30(31,32)42(36,37)38)22-7-8-23-27-24(11-13-29(22,23)5)28(4)12-10-21(40-18(2)33)14-20(28)15-25(27)41-19(3)34/h17,20-25,27H,6-16H2,1-5H3,(H,36,37,38)/t17-,20?,21-,22-,23+,24+,25+,27+,28+,29-/m1/s1. The molecule has 4 aliphatic carbocycles. The summed E-state index contributed by atoms with van der Waals surface area (Å²) in [5.74, 6) is 0.0933. The van der Waals surface area contributed by atoms with Crippen molar-refractivity contribution in [3.63, 3.8) is 0 Å². The lowest BCUT2D eigenvalue weighted by atomic mass is 9.43. The van der Waals surface area contributed by atoms with Gasteiger partial charge in [-0.3, -0.25) is 18.9 Å². The van der Waals surface area contributed by atoms with Gasteiger partial charge in [0.05, 0.1) is 0 Å². The average molecular weight is 621 g/mol. The van der Waals surface area contributed by atoms with Crippen LogP contribution in [0.1, 0.15) is 98.8 Å². The topological polar surface area (TPSA) is 133 Å². The first kappa shape index (κ1) is 33.1. The third-order valence-electron chi connectivity index (χ3n) is 11.6. The van der Waals surface area contributed by atoms with Gasteiger partial charge in [-0.05, 0) is 98.2 Å². The monoisotopic (exact) mass is 620 g/mol. The van der Waals surface area contributed by atoms with Crippen LogP contribution in [0.25, 0.3) is 0 Å². The third-order valence-corrected chi connectivity index (χ3v) is 12.5. The highest BCUT2D eigenvalue weighted by Crippen LogP contribution is 2.68. The Morgan fingerprint density at radius 1 is 0.952 bits per heavy atom. The summed E-state index contributed by atoms with van der Waals surface area (Å²) in [6.07, 6.45) is 7.22. The molecular formula is C30H46F2O9S. The van der Waals surface area contributed by atoms with E-state index in [2.05, 4.69) is 25.5 Å². The van der Waals surface area contributed by atoms with Crippen molar-refractivity contribution in [1.29, 1.82) is 0 Å². The smallest absolute Gasteiger partial charge is 0.402 e. The Balaban J connectivity index is 1.46. The van der Waals surface area contributed by atoms with Gasteiger partial charge < -0.3 is 14.2 Å². The molecule has 9 nitrogen and oxygen atoms in total. The van der Waals surface area contributed by atoms with E-state index in [9.17, 15) is 31.6 Å². The van der Waals surface area contributed by atoms with Crippen molar-refractivity contribution in [2.24, 2.45) is 46.3 Å². The van der Waals surface area contributed by atoms with E-state index < -0.39 is 27.9 Å². The Bertz CT molecular complexity index is 1160. The highest BCUT2D eigenvalue weighted by atomic mass is 32.2. The number of ether oxygens (including phenoxy) is 3. The summed E-state index contributed by atoms with van der Waals surface area (Å²) in [5, 5.41) is -4.55. The zero-order chi connectivity index (χ0) is 31.3. The number of alkyl halides is 2. The fourth-order valence-electron chi connectivity index (χ4n) is 9.67. The molecule has 4 saturated carbocycles. The van der Waals surface area contributed by atoms with E-state index >= 15 is 0 Å². The Labute approximate surface area is 247 Å². The number of carbonyl (C=O) groups is 3. The van der Waals surface area contributed by atoms with Crippen LogP contribution in [0.15, 0.2) is 0 Å². The van der Waals surface area contributed by atoms with Gasteiger partial charge in [0, 0.05) is 26.2 Å². The molecule has 0 aromatic rings. The summed E-state index contributed by atoms with van der Waals surface area (Å²) in [5.41, 5.74) is 0.0237. The molecule has 1 unspecified atom stereocenters.